The van der Waals surface area contributed by atoms with Crippen LogP contribution in [0.2, 0.25) is 0 Å². The third-order valence-electron chi connectivity index (χ3n) is 2.00. The van der Waals surface area contributed by atoms with Gasteiger partial charge in [-0.15, -0.1) is 0 Å². The minimum atomic E-state index is -1.69. The monoisotopic (exact) mass is 184 g/mol. The van der Waals surface area contributed by atoms with Crippen LogP contribution in [0, 0.1) is 11.8 Å². The lowest BCUT2D eigenvalue weighted by molar-refractivity contribution is -0.132. The number of alkyl halides is 1. The predicted octanol–water partition coefficient (Wildman–Crippen LogP) is 3.04. The lowest BCUT2D eigenvalue weighted by atomic mass is 10.0. The van der Waals surface area contributed by atoms with Crippen LogP contribution in [0.5, 0.6) is 0 Å². The van der Waals surface area contributed by atoms with Gasteiger partial charge in [-0.1, -0.05) is 12.3 Å². The van der Waals surface area contributed by atoms with Crippen LogP contribution in [0.4, 0.5) is 4.39 Å². The Balaban J connectivity index is 2.60. The second-order valence-corrected chi connectivity index (χ2v) is 3.76. The van der Waals surface area contributed by atoms with Crippen LogP contribution in [0.15, 0.2) is 0 Å². The molecule has 0 N–H and O–H groups in total. The molecule has 0 spiro atoms. The van der Waals surface area contributed by atoms with E-state index in [1.807, 2.05) is 13.8 Å². The molecule has 1 aliphatic rings. The molecule has 0 aliphatic heterocycles. The average Bonchev–Trinajstić information content (AvgIpc) is 1.97. The third-order valence-corrected chi connectivity index (χ3v) is 2.00. The SMILES string of the molecule is CC(C)OC1(F)C#CCCCCC1. The Morgan fingerprint density at radius 3 is 2.77 bits per heavy atom. The smallest absolute Gasteiger partial charge is 0.272 e. The molecule has 0 aromatic rings. The number of hydrogen-bond acceptors (Lipinski definition) is 1. The maximum Gasteiger partial charge on any atom is 0.272 e. The molecule has 0 saturated carbocycles. The van der Waals surface area contributed by atoms with E-state index >= 15 is 0 Å². The van der Waals surface area contributed by atoms with Gasteiger partial charge in [-0.2, -0.15) is 4.39 Å². The summed E-state index contributed by atoms with van der Waals surface area (Å²) in [5.41, 5.74) is 0. The summed E-state index contributed by atoms with van der Waals surface area (Å²) in [5, 5.41) is 0. The molecule has 0 saturated heterocycles. The summed E-state index contributed by atoms with van der Waals surface area (Å²) in [6.45, 7) is 3.67. The first-order valence-electron chi connectivity index (χ1n) is 4.99. The summed E-state index contributed by atoms with van der Waals surface area (Å²) in [6, 6.07) is 0. The molecule has 2 heteroatoms. The minimum Gasteiger partial charge on any atom is -0.333 e. The molecule has 1 atom stereocenters. The van der Waals surface area contributed by atoms with Gasteiger partial charge in [0.15, 0.2) is 0 Å². The molecule has 0 radical (unpaired) electrons. The summed E-state index contributed by atoms with van der Waals surface area (Å²) in [6.07, 6.45) is 4.13. The van der Waals surface area contributed by atoms with Crippen molar-refractivity contribution in [3.8, 4) is 11.8 Å². The molecule has 1 aliphatic carbocycles. The second-order valence-electron chi connectivity index (χ2n) is 3.76. The molecule has 0 heterocycles. The zero-order valence-corrected chi connectivity index (χ0v) is 8.40. The first kappa shape index (κ1) is 10.5. The Kier molecular flexibility index (Phi) is 3.74. The van der Waals surface area contributed by atoms with Crippen LogP contribution in [-0.4, -0.2) is 12.0 Å². The molecule has 1 unspecified atom stereocenters. The molecular weight excluding hydrogens is 167 g/mol. The average molecular weight is 184 g/mol. The standard InChI is InChI=1S/C11H17FO/c1-10(2)13-11(12)8-6-4-3-5-7-9-11/h10H,3-6,8H2,1-2H3. The molecule has 13 heavy (non-hydrogen) atoms. The van der Waals surface area contributed by atoms with Gasteiger partial charge < -0.3 is 4.74 Å². The fraction of sp³-hybridized carbons (Fsp3) is 0.818. The van der Waals surface area contributed by atoms with E-state index in [0.29, 0.717) is 6.42 Å². The van der Waals surface area contributed by atoms with E-state index in [2.05, 4.69) is 11.8 Å². The van der Waals surface area contributed by atoms with Gasteiger partial charge in [-0.25, -0.2) is 0 Å². The van der Waals surface area contributed by atoms with Gasteiger partial charge in [0.25, 0.3) is 5.85 Å². The summed E-state index contributed by atoms with van der Waals surface area (Å²) in [4.78, 5) is 0. The van der Waals surface area contributed by atoms with Crippen LogP contribution in [0.3, 0.4) is 0 Å². The normalized spacial score (nSPS) is 28.9. The lowest BCUT2D eigenvalue weighted by Gasteiger charge is -2.23. The molecule has 0 fully saturated rings. The van der Waals surface area contributed by atoms with E-state index in [1.54, 1.807) is 0 Å². The van der Waals surface area contributed by atoms with Crippen LogP contribution >= 0.6 is 0 Å². The van der Waals surface area contributed by atoms with E-state index in [9.17, 15) is 4.39 Å². The molecule has 74 valence electrons. The van der Waals surface area contributed by atoms with Crippen LogP contribution in [0.1, 0.15) is 46.0 Å². The summed E-state index contributed by atoms with van der Waals surface area (Å²) < 4.78 is 19.0. The molecule has 1 nitrogen and oxygen atoms in total. The number of rotatable bonds is 2. The Labute approximate surface area is 79.7 Å². The Hall–Kier alpha value is -0.550. The number of hydrogen-bond donors (Lipinski definition) is 0. The van der Waals surface area contributed by atoms with Crippen molar-refractivity contribution in [2.24, 2.45) is 0 Å². The first-order valence-corrected chi connectivity index (χ1v) is 4.99. The number of ether oxygens (including phenoxy) is 1. The highest BCUT2D eigenvalue weighted by atomic mass is 19.2. The van der Waals surface area contributed by atoms with Gasteiger partial charge in [-0.05, 0) is 32.6 Å². The minimum absolute atomic E-state index is 0.0984. The van der Waals surface area contributed by atoms with Crippen molar-refractivity contribution < 1.29 is 9.13 Å². The van der Waals surface area contributed by atoms with E-state index in [1.165, 1.54) is 0 Å². The first-order chi connectivity index (χ1) is 6.12. The molecule has 0 amide bonds. The van der Waals surface area contributed by atoms with Crippen LogP contribution < -0.4 is 0 Å². The van der Waals surface area contributed by atoms with Crippen molar-refractivity contribution in [3.05, 3.63) is 0 Å². The summed E-state index contributed by atoms with van der Waals surface area (Å²) >= 11 is 0. The van der Waals surface area contributed by atoms with E-state index < -0.39 is 5.85 Å². The van der Waals surface area contributed by atoms with Crippen molar-refractivity contribution in [2.75, 3.05) is 0 Å². The lowest BCUT2D eigenvalue weighted by Crippen LogP contribution is -2.29. The van der Waals surface area contributed by atoms with Gasteiger partial charge >= 0.3 is 0 Å². The van der Waals surface area contributed by atoms with Gasteiger partial charge in [-0.3, -0.25) is 0 Å². The maximum absolute atomic E-state index is 13.9. The van der Waals surface area contributed by atoms with E-state index in [0.717, 1.165) is 25.7 Å². The fourth-order valence-electron chi connectivity index (χ4n) is 1.46. The Bertz CT molecular complexity index is 214. The maximum atomic E-state index is 13.9. The Morgan fingerprint density at radius 2 is 2.08 bits per heavy atom. The molecule has 0 aromatic carbocycles. The highest BCUT2D eigenvalue weighted by molar-refractivity contribution is 5.10. The molecular formula is C11H17FO. The topological polar surface area (TPSA) is 9.23 Å². The van der Waals surface area contributed by atoms with Crippen molar-refractivity contribution in [1.29, 1.82) is 0 Å². The van der Waals surface area contributed by atoms with Gasteiger partial charge in [0.2, 0.25) is 0 Å². The van der Waals surface area contributed by atoms with E-state index in [-0.39, 0.29) is 6.10 Å². The largest absolute Gasteiger partial charge is 0.333 e. The molecule has 1 rings (SSSR count). The van der Waals surface area contributed by atoms with Crippen molar-refractivity contribution in [3.63, 3.8) is 0 Å². The molecule has 0 bridgehead atoms. The zero-order chi connectivity index (χ0) is 9.73. The van der Waals surface area contributed by atoms with Crippen molar-refractivity contribution in [2.45, 2.75) is 57.9 Å². The highest BCUT2D eigenvalue weighted by Crippen LogP contribution is 2.24. The summed E-state index contributed by atoms with van der Waals surface area (Å²) in [5.74, 6) is 3.74. The Morgan fingerprint density at radius 1 is 1.31 bits per heavy atom. The zero-order valence-electron chi connectivity index (χ0n) is 8.40. The van der Waals surface area contributed by atoms with E-state index in [4.69, 9.17) is 4.74 Å². The van der Waals surface area contributed by atoms with Gasteiger partial charge in [0, 0.05) is 12.8 Å². The summed E-state index contributed by atoms with van der Waals surface area (Å²) in [7, 11) is 0. The van der Waals surface area contributed by atoms with Crippen LogP contribution in [-0.2, 0) is 4.74 Å². The van der Waals surface area contributed by atoms with Gasteiger partial charge in [0.1, 0.15) is 0 Å². The number of halogens is 1. The molecule has 0 aromatic heterocycles. The van der Waals surface area contributed by atoms with Gasteiger partial charge in [0.05, 0.1) is 6.10 Å². The highest BCUT2D eigenvalue weighted by Gasteiger charge is 2.29. The third kappa shape index (κ3) is 3.78. The van der Waals surface area contributed by atoms with Crippen LogP contribution in [0.25, 0.3) is 0 Å². The van der Waals surface area contributed by atoms with Crippen molar-refractivity contribution >= 4 is 0 Å². The van der Waals surface area contributed by atoms with Crippen molar-refractivity contribution in [1.82, 2.24) is 0 Å². The fourth-order valence-corrected chi connectivity index (χ4v) is 1.46. The predicted molar refractivity (Wildman–Crippen MR) is 50.9 cm³/mol. The quantitative estimate of drug-likeness (QED) is 0.599. The second kappa shape index (κ2) is 4.62.